The zero-order valence-corrected chi connectivity index (χ0v) is 19.1. The van der Waals surface area contributed by atoms with Gasteiger partial charge >= 0.3 is 11.8 Å². The monoisotopic (exact) mass is 444 g/mol. The van der Waals surface area contributed by atoms with E-state index in [0.29, 0.717) is 38.6 Å². The third-order valence-corrected chi connectivity index (χ3v) is 7.01. The van der Waals surface area contributed by atoms with Gasteiger partial charge in [-0.15, -0.1) is 0 Å². The summed E-state index contributed by atoms with van der Waals surface area (Å²) in [5.41, 5.74) is 1.76. The van der Waals surface area contributed by atoms with E-state index >= 15 is 0 Å². The van der Waals surface area contributed by atoms with Crippen molar-refractivity contribution in [2.24, 2.45) is 18.9 Å². The quantitative estimate of drug-likeness (QED) is 0.721. The van der Waals surface area contributed by atoms with Crippen molar-refractivity contribution in [3.8, 4) is 5.75 Å². The molecule has 32 heavy (non-hydrogen) atoms. The highest BCUT2D eigenvalue weighted by molar-refractivity contribution is 5.79. The van der Waals surface area contributed by atoms with Crippen molar-refractivity contribution in [1.29, 1.82) is 0 Å². The first-order chi connectivity index (χ1) is 15.4. The molecule has 2 aliphatic rings. The SMILES string of the molecule is COC(=O)N1CCN(C(=O)C2CCC(Cn3c(=O)n(C)c4ccc(OC)cc43)CC2)CC1. The predicted molar refractivity (Wildman–Crippen MR) is 120 cm³/mol. The first-order valence-electron chi connectivity index (χ1n) is 11.3. The molecule has 2 aromatic rings. The Hall–Kier alpha value is -2.97. The van der Waals surface area contributed by atoms with Crippen molar-refractivity contribution in [3.05, 3.63) is 28.7 Å². The maximum absolute atomic E-state index is 13.0. The van der Waals surface area contributed by atoms with Crippen LogP contribution in [-0.2, 0) is 23.1 Å². The normalized spacial score (nSPS) is 21.6. The van der Waals surface area contributed by atoms with Crippen LogP contribution in [0, 0.1) is 11.8 Å². The van der Waals surface area contributed by atoms with Crippen LogP contribution in [0.1, 0.15) is 25.7 Å². The third kappa shape index (κ3) is 4.20. The lowest BCUT2D eigenvalue weighted by Crippen LogP contribution is -2.52. The highest BCUT2D eigenvalue weighted by atomic mass is 16.5. The molecule has 0 N–H and O–H groups in total. The molecule has 1 saturated carbocycles. The molecule has 2 fully saturated rings. The standard InChI is InChI=1S/C23H32N4O5/c1-24-19-9-8-18(31-2)14-20(19)27(22(24)29)15-16-4-6-17(7-5-16)21(28)25-10-12-26(13-11-25)23(30)32-3/h8-9,14,16-17H,4-7,10-13,15H2,1-3H3. The first-order valence-corrected chi connectivity index (χ1v) is 11.3. The lowest BCUT2D eigenvalue weighted by molar-refractivity contribution is -0.138. The van der Waals surface area contributed by atoms with Gasteiger partial charge in [-0.05, 0) is 43.7 Å². The van der Waals surface area contributed by atoms with E-state index in [0.717, 1.165) is 42.5 Å². The number of aryl methyl sites for hydroxylation is 1. The molecular weight excluding hydrogens is 412 g/mol. The molecule has 0 atom stereocenters. The lowest BCUT2D eigenvalue weighted by atomic mass is 9.81. The number of amides is 2. The summed E-state index contributed by atoms with van der Waals surface area (Å²) in [7, 11) is 4.80. The number of aromatic nitrogens is 2. The Morgan fingerprint density at radius 3 is 2.25 bits per heavy atom. The smallest absolute Gasteiger partial charge is 0.409 e. The van der Waals surface area contributed by atoms with E-state index in [1.54, 1.807) is 23.6 Å². The van der Waals surface area contributed by atoms with Crippen molar-refractivity contribution in [1.82, 2.24) is 18.9 Å². The Kier molecular flexibility index (Phi) is 6.43. The van der Waals surface area contributed by atoms with Gasteiger partial charge in [-0.25, -0.2) is 9.59 Å². The molecule has 9 heteroatoms. The summed E-state index contributed by atoms with van der Waals surface area (Å²) in [5.74, 6) is 1.32. The Bertz CT molecular complexity index is 1040. The number of carbonyl (C=O) groups is 2. The fourth-order valence-electron chi connectivity index (χ4n) is 5.04. The molecule has 2 heterocycles. The van der Waals surface area contributed by atoms with Crippen LogP contribution in [0.3, 0.4) is 0 Å². The van der Waals surface area contributed by atoms with Gasteiger partial charge in [0.05, 0.1) is 25.3 Å². The van der Waals surface area contributed by atoms with Crippen LogP contribution in [-0.4, -0.2) is 71.3 Å². The van der Waals surface area contributed by atoms with Crippen LogP contribution in [0.2, 0.25) is 0 Å². The number of hydrogen-bond donors (Lipinski definition) is 0. The summed E-state index contributed by atoms with van der Waals surface area (Å²) in [5, 5.41) is 0. The fraction of sp³-hybridized carbons (Fsp3) is 0.609. The summed E-state index contributed by atoms with van der Waals surface area (Å²) in [6, 6.07) is 5.70. The second-order valence-corrected chi connectivity index (χ2v) is 8.81. The lowest BCUT2D eigenvalue weighted by Gasteiger charge is -2.37. The van der Waals surface area contributed by atoms with Gasteiger partial charge in [0.1, 0.15) is 5.75 Å². The number of hydrogen-bond acceptors (Lipinski definition) is 5. The van der Waals surface area contributed by atoms with Crippen LogP contribution >= 0.6 is 0 Å². The number of methoxy groups -OCH3 is 2. The molecule has 0 radical (unpaired) electrons. The van der Waals surface area contributed by atoms with Gasteiger partial charge in [0.15, 0.2) is 0 Å². The van der Waals surface area contributed by atoms with Crippen molar-refractivity contribution in [3.63, 3.8) is 0 Å². The minimum Gasteiger partial charge on any atom is -0.497 e. The van der Waals surface area contributed by atoms with E-state index in [9.17, 15) is 14.4 Å². The molecule has 1 aromatic carbocycles. The van der Waals surface area contributed by atoms with E-state index in [-0.39, 0.29) is 23.6 Å². The highest BCUT2D eigenvalue weighted by Crippen LogP contribution is 2.32. The summed E-state index contributed by atoms with van der Waals surface area (Å²) >= 11 is 0. The van der Waals surface area contributed by atoms with Crippen LogP contribution < -0.4 is 10.4 Å². The Labute approximate surface area is 187 Å². The molecule has 1 aliphatic heterocycles. The van der Waals surface area contributed by atoms with Crippen molar-refractivity contribution in [2.45, 2.75) is 32.2 Å². The van der Waals surface area contributed by atoms with Crippen molar-refractivity contribution in [2.75, 3.05) is 40.4 Å². The van der Waals surface area contributed by atoms with Gasteiger partial charge in [-0.1, -0.05) is 0 Å². The Morgan fingerprint density at radius 2 is 1.62 bits per heavy atom. The molecule has 0 spiro atoms. The van der Waals surface area contributed by atoms with Gasteiger partial charge in [-0.3, -0.25) is 13.9 Å². The second kappa shape index (κ2) is 9.26. The van der Waals surface area contributed by atoms with Gasteiger partial charge in [-0.2, -0.15) is 0 Å². The molecule has 1 aliphatic carbocycles. The number of carbonyl (C=O) groups excluding carboxylic acids is 2. The van der Waals surface area contributed by atoms with Crippen LogP contribution in [0.4, 0.5) is 4.79 Å². The first kappa shape index (κ1) is 22.2. The van der Waals surface area contributed by atoms with E-state index < -0.39 is 0 Å². The van der Waals surface area contributed by atoms with E-state index in [4.69, 9.17) is 9.47 Å². The minimum absolute atomic E-state index is 0.0186. The highest BCUT2D eigenvalue weighted by Gasteiger charge is 2.32. The van der Waals surface area contributed by atoms with Gasteiger partial charge in [0.2, 0.25) is 5.91 Å². The van der Waals surface area contributed by atoms with Crippen molar-refractivity contribution >= 4 is 23.0 Å². The molecule has 1 saturated heterocycles. The molecule has 4 rings (SSSR count). The van der Waals surface area contributed by atoms with Gasteiger partial charge in [0.25, 0.3) is 0 Å². The van der Waals surface area contributed by atoms with Crippen LogP contribution in [0.5, 0.6) is 5.75 Å². The predicted octanol–water partition coefficient (Wildman–Crippen LogP) is 2.07. The van der Waals surface area contributed by atoms with E-state index in [1.807, 2.05) is 27.7 Å². The summed E-state index contributed by atoms with van der Waals surface area (Å²) in [6.07, 6.45) is 3.18. The molecule has 0 bridgehead atoms. The number of imidazole rings is 1. The zero-order chi connectivity index (χ0) is 22.8. The number of ether oxygens (including phenoxy) is 2. The average molecular weight is 445 g/mol. The fourth-order valence-corrected chi connectivity index (χ4v) is 5.04. The third-order valence-electron chi connectivity index (χ3n) is 7.01. The Morgan fingerprint density at radius 1 is 0.969 bits per heavy atom. The van der Waals surface area contributed by atoms with E-state index in [1.165, 1.54) is 7.11 Å². The summed E-state index contributed by atoms with van der Waals surface area (Å²) in [6.45, 7) is 2.80. The number of piperazine rings is 1. The largest absolute Gasteiger partial charge is 0.497 e. The molecule has 174 valence electrons. The van der Waals surface area contributed by atoms with Crippen LogP contribution in [0.25, 0.3) is 11.0 Å². The summed E-state index contributed by atoms with van der Waals surface area (Å²) in [4.78, 5) is 41.0. The number of fused-ring (bicyclic) bond motifs is 1. The topological polar surface area (TPSA) is 86.0 Å². The van der Waals surface area contributed by atoms with Crippen molar-refractivity contribution < 1.29 is 19.1 Å². The van der Waals surface area contributed by atoms with E-state index in [2.05, 4.69) is 0 Å². The number of rotatable bonds is 4. The van der Waals surface area contributed by atoms with Crippen LogP contribution in [0.15, 0.2) is 23.0 Å². The van der Waals surface area contributed by atoms with Gasteiger partial charge < -0.3 is 19.3 Å². The number of benzene rings is 1. The zero-order valence-electron chi connectivity index (χ0n) is 19.1. The molecule has 0 unspecified atom stereocenters. The maximum atomic E-state index is 13.0. The molecular formula is C23H32N4O5. The van der Waals surface area contributed by atoms with Gasteiger partial charge in [0, 0.05) is 51.8 Å². The Balaban J connectivity index is 1.36. The molecule has 1 aromatic heterocycles. The summed E-state index contributed by atoms with van der Waals surface area (Å²) < 4.78 is 13.6. The average Bonchev–Trinajstić information content (AvgIpc) is 3.07. The molecule has 9 nitrogen and oxygen atoms in total. The molecule has 2 amide bonds. The number of nitrogens with zero attached hydrogens (tertiary/aromatic N) is 4. The maximum Gasteiger partial charge on any atom is 0.409 e. The second-order valence-electron chi connectivity index (χ2n) is 8.81. The minimum atomic E-state index is -0.334.